The van der Waals surface area contributed by atoms with E-state index in [-0.39, 0.29) is 6.10 Å². The number of hydrogen-bond donors (Lipinski definition) is 1. The number of rotatable bonds is 4. The third-order valence-electron chi connectivity index (χ3n) is 4.28. The van der Waals surface area contributed by atoms with Crippen LogP contribution in [0.25, 0.3) is 0 Å². The van der Waals surface area contributed by atoms with Crippen molar-refractivity contribution in [3.8, 4) is 5.75 Å². The van der Waals surface area contributed by atoms with Crippen molar-refractivity contribution in [1.29, 1.82) is 0 Å². The van der Waals surface area contributed by atoms with Crippen LogP contribution in [0.15, 0.2) is 24.3 Å². The Hall–Kier alpha value is -1.06. The quantitative estimate of drug-likeness (QED) is 0.913. The molecule has 0 saturated carbocycles. The monoisotopic (exact) mass is 274 g/mol. The van der Waals surface area contributed by atoms with E-state index in [0.717, 1.165) is 18.3 Å². The number of nitrogens with one attached hydrogen (secondary N) is 1. The Morgan fingerprint density at radius 3 is 2.95 bits per heavy atom. The fraction of sp³-hybridized carbons (Fsp3) is 0.647. The molecule has 2 fully saturated rings. The largest absolute Gasteiger partial charge is 0.491 e. The van der Waals surface area contributed by atoms with Gasteiger partial charge >= 0.3 is 0 Å². The Labute approximate surface area is 122 Å². The van der Waals surface area contributed by atoms with Crippen molar-refractivity contribution in [1.82, 2.24) is 10.2 Å². The predicted molar refractivity (Wildman–Crippen MR) is 82.0 cm³/mol. The fourth-order valence-electron chi connectivity index (χ4n) is 3.41. The maximum absolute atomic E-state index is 5.79. The van der Waals surface area contributed by atoms with Gasteiger partial charge in [0.25, 0.3) is 0 Å². The van der Waals surface area contributed by atoms with E-state index in [1.54, 1.807) is 0 Å². The van der Waals surface area contributed by atoms with E-state index in [9.17, 15) is 0 Å². The Morgan fingerprint density at radius 2 is 2.10 bits per heavy atom. The zero-order chi connectivity index (χ0) is 13.9. The summed E-state index contributed by atoms with van der Waals surface area (Å²) in [6.45, 7) is 7.59. The smallest absolute Gasteiger partial charge is 0.120 e. The zero-order valence-corrected chi connectivity index (χ0v) is 12.6. The van der Waals surface area contributed by atoms with Crippen molar-refractivity contribution in [2.75, 3.05) is 13.1 Å². The highest BCUT2D eigenvalue weighted by Gasteiger charge is 2.28. The number of ether oxygens (including phenoxy) is 1. The molecule has 2 aliphatic heterocycles. The minimum atomic E-state index is 0.239. The second-order valence-electron chi connectivity index (χ2n) is 6.48. The maximum atomic E-state index is 5.79. The van der Waals surface area contributed by atoms with Gasteiger partial charge in [-0.15, -0.1) is 0 Å². The van der Waals surface area contributed by atoms with Gasteiger partial charge in [0.1, 0.15) is 5.75 Å². The van der Waals surface area contributed by atoms with Crippen LogP contribution in [0.3, 0.4) is 0 Å². The summed E-state index contributed by atoms with van der Waals surface area (Å²) in [5.41, 5.74) is 1.36. The summed E-state index contributed by atoms with van der Waals surface area (Å²) in [6, 6.07) is 10.0. The van der Waals surface area contributed by atoms with Gasteiger partial charge in [0.2, 0.25) is 0 Å². The number of hydrogen-bond acceptors (Lipinski definition) is 3. The second-order valence-corrected chi connectivity index (χ2v) is 6.48. The third-order valence-corrected chi connectivity index (χ3v) is 4.28. The number of fused-ring (bicyclic) bond motifs is 2. The molecule has 2 atom stereocenters. The van der Waals surface area contributed by atoms with E-state index in [1.165, 1.54) is 37.9 Å². The van der Waals surface area contributed by atoms with Crippen molar-refractivity contribution >= 4 is 0 Å². The molecule has 0 aliphatic carbocycles. The first-order valence-corrected chi connectivity index (χ1v) is 7.93. The molecule has 2 aliphatic rings. The van der Waals surface area contributed by atoms with Gasteiger partial charge in [0.05, 0.1) is 6.10 Å². The lowest BCUT2D eigenvalue weighted by Gasteiger charge is -2.24. The molecule has 0 aromatic heterocycles. The van der Waals surface area contributed by atoms with Crippen LogP contribution in [0, 0.1) is 0 Å². The summed E-state index contributed by atoms with van der Waals surface area (Å²) in [7, 11) is 0. The minimum absolute atomic E-state index is 0.239. The van der Waals surface area contributed by atoms with E-state index in [2.05, 4.69) is 48.3 Å². The summed E-state index contributed by atoms with van der Waals surface area (Å²) in [5.74, 6) is 0.993. The van der Waals surface area contributed by atoms with Gasteiger partial charge in [0.15, 0.2) is 0 Å². The average Bonchev–Trinajstić information content (AvgIpc) is 2.72. The molecule has 2 unspecified atom stereocenters. The van der Waals surface area contributed by atoms with Gasteiger partial charge in [-0.25, -0.2) is 0 Å². The second kappa shape index (κ2) is 6.15. The van der Waals surface area contributed by atoms with Crippen molar-refractivity contribution in [2.45, 2.75) is 57.8 Å². The molecule has 0 spiro atoms. The summed E-state index contributed by atoms with van der Waals surface area (Å²) in [5, 5.41) is 3.74. The first-order chi connectivity index (χ1) is 9.69. The van der Waals surface area contributed by atoms with Crippen molar-refractivity contribution in [2.24, 2.45) is 0 Å². The van der Waals surface area contributed by atoms with Crippen LogP contribution in [0.1, 0.15) is 38.7 Å². The summed E-state index contributed by atoms with van der Waals surface area (Å²) in [4.78, 5) is 2.59. The Morgan fingerprint density at radius 1 is 1.25 bits per heavy atom. The number of likely N-dealkylation sites (tertiary alicyclic amines) is 1. The molecule has 3 nitrogen and oxygen atoms in total. The van der Waals surface area contributed by atoms with Gasteiger partial charge in [-0.2, -0.15) is 0 Å². The van der Waals surface area contributed by atoms with E-state index in [4.69, 9.17) is 4.74 Å². The van der Waals surface area contributed by atoms with Crippen LogP contribution in [0.4, 0.5) is 0 Å². The highest BCUT2D eigenvalue weighted by atomic mass is 16.5. The molecule has 2 heterocycles. The molecule has 1 aromatic carbocycles. The minimum Gasteiger partial charge on any atom is -0.491 e. The lowest BCUT2D eigenvalue weighted by molar-refractivity contribution is 0.238. The van der Waals surface area contributed by atoms with Gasteiger partial charge < -0.3 is 10.1 Å². The molecular formula is C17H26N2O. The Balaban J connectivity index is 1.62. The molecular weight excluding hydrogens is 248 g/mol. The van der Waals surface area contributed by atoms with E-state index in [1.807, 2.05) is 0 Å². The zero-order valence-electron chi connectivity index (χ0n) is 12.6. The Kier molecular flexibility index (Phi) is 4.27. The van der Waals surface area contributed by atoms with Crippen LogP contribution in [0.2, 0.25) is 0 Å². The first kappa shape index (κ1) is 13.9. The number of benzene rings is 1. The Bertz CT molecular complexity index is 446. The van der Waals surface area contributed by atoms with Crippen LogP contribution in [0.5, 0.6) is 5.75 Å². The van der Waals surface area contributed by atoms with Crippen molar-refractivity contribution in [3.05, 3.63) is 29.8 Å². The lowest BCUT2D eigenvalue weighted by atomic mass is 10.1. The van der Waals surface area contributed by atoms with Gasteiger partial charge in [0, 0.05) is 31.7 Å². The topological polar surface area (TPSA) is 24.5 Å². The molecule has 3 heteroatoms. The predicted octanol–water partition coefficient (Wildman–Crippen LogP) is 2.80. The standard InChI is InChI=1S/C17H26N2O/c1-13(2)20-17-5-3-4-14(10-17)11-19-9-8-15-6-7-16(12-19)18-15/h3-5,10,13,15-16,18H,6-9,11-12H2,1-2H3. The first-order valence-electron chi connectivity index (χ1n) is 7.93. The molecule has 1 aromatic rings. The molecule has 0 amide bonds. The van der Waals surface area contributed by atoms with E-state index < -0.39 is 0 Å². The number of nitrogens with zero attached hydrogens (tertiary/aromatic N) is 1. The van der Waals surface area contributed by atoms with Crippen LogP contribution in [-0.2, 0) is 6.54 Å². The van der Waals surface area contributed by atoms with Crippen LogP contribution >= 0.6 is 0 Å². The molecule has 1 N–H and O–H groups in total. The lowest BCUT2D eigenvalue weighted by Crippen LogP contribution is -2.34. The normalized spacial score (nSPS) is 26.8. The summed E-state index contributed by atoms with van der Waals surface area (Å²) >= 11 is 0. The van der Waals surface area contributed by atoms with E-state index >= 15 is 0 Å². The fourth-order valence-corrected chi connectivity index (χ4v) is 3.41. The average molecular weight is 274 g/mol. The summed E-state index contributed by atoms with van der Waals surface area (Å²) < 4.78 is 5.79. The van der Waals surface area contributed by atoms with Crippen LogP contribution < -0.4 is 10.1 Å². The van der Waals surface area contributed by atoms with Crippen molar-refractivity contribution in [3.63, 3.8) is 0 Å². The highest BCUT2D eigenvalue weighted by molar-refractivity contribution is 5.28. The molecule has 2 saturated heterocycles. The molecule has 0 radical (unpaired) electrons. The van der Waals surface area contributed by atoms with Crippen LogP contribution in [-0.4, -0.2) is 36.2 Å². The van der Waals surface area contributed by atoms with Crippen molar-refractivity contribution < 1.29 is 4.74 Å². The highest BCUT2D eigenvalue weighted by Crippen LogP contribution is 2.22. The molecule has 3 rings (SSSR count). The maximum Gasteiger partial charge on any atom is 0.120 e. The van der Waals surface area contributed by atoms with Gasteiger partial charge in [-0.3, -0.25) is 4.90 Å². The summed E-state index contributed by atoms with van der Waals surface area (Å²) in [6.07, 6.45) is 4.25. The molecule has 20 heavy (non-hydrogen) atoms. The van der Waals surface area contributed by atoms with Gasteiger partial charge in [-0.1, -0.05) is 12.1 Å². The third kappa shape index (κ3) is 3.53. The van der Waals surface area contributed by atoms with Gasteiger partial charge in [-0.05, 0) is 50.8 Å². The molecule has 110 valence electrons. The SMILES string of the molecule is CC(C)Oc1cccc(CN2CCC3CCC(C2)N3)c1. The molecule has 2 bridgehead atoms. The van der Waals surface area contributed by atoms with E-state index in [0.29, 0.717) is 6.04 Å².